The van der Waals surface area contributed by atoms with Crippen molar-refractivity contribution in [2.24, 2.45) is 0 Å². The number of nitrogens with one attached hydrogen (secondary N) is 1. The Kier molecular flexibility index (Phi) is 2.83. The summed E-state index contributed by atoms with van der Waals surface area (Å²) in [4.78, 5) is 13.8. The summed E-state index contributed by atoms with van der Waals surface area (Å²) in [5.41, 5.74) is 2.49. The molecule has 0 fully saturated rings. The zero-order valence-electron chi connectivity index (χ0n) is 9.53. The lowest BCUT2D eigenvalue weighted by molar-refractivity contribution is -0.117. The van der Waals surface area contributed by atoms with Crippen LogP contribution in [0.2, 0.25) is 0 Å². The van der Waals surface area contributed by atoms with Gasteiger partial charge in [0, 0.05) is 12.1 Å². The van der Waals surface area contributed by atoms with E-state index in [2.05, 4.69) is 5.32 Å². The number of likely N-dealkylation sites (N-methyl/N-ethyl adjacent to an activating group) is 1. The minimum absolute atomic E-state index is 0.0183. The summed E-state index contributed by atoms with van der Waals surface area (Å²) in [7, 11) is 0. The molecule has 0 saturated carbocycles. The Bertz CT molecular complexity index is 417. The van der Waals surface area contributed by atoms with Gasteiger partial charge in [0.15, 0.2) is 0 Å². The number of anilines is 2. The average molecular weight is 220 g/mol. The lowest BCUT2D eigenvalue weighted by Crippen LogP contribution is -2.46. The Hall–Kier alpha value is -1.55. The molecule has 0 aliphatic carbocycles. The molecule has 1 aliphatic heterocycles. The highest BCUT2D eigenvalue weighted by Crippen LogP contribution is 2.34. The van der Waals surface area contributed by atoms with Crippen LogP contribution >= 0.6 is 0 Å². The molecule has 2 N–H and O–H groups in total. The first-order chi connectivity index (χ1) is 7.69. The van der Waals surface area contributed by atoms with Crippen LogP contribution in [0.3, 0.4) is 0 Å². The van der Waals surface area contributed by atoms with Gasteiger partial charge in [0.2, 0.25) is 5.91 Å². The van der Waals surface area contributed by atoms with Crippen LogP contribution in [0.25, 0.3) is 0 Å². The molecule has 86 valence electrons. The van der Waals surface area contributed by atoms with Crippen molar-refractivity contribution in [3.8, 4) is 0 Å². The summed E-state index contributed by atoms with van der Waals surface area (Å²) >= 11 is 0. The second-order valence-electron chi connectivity index (χ2n) is 3.92. The smallest absolute Gasteiger partial charge is 0.246 e. The molecule has 1 aromatic carbocycles. The molecule has 1 atom stereocenters. The minimum Gasteiger partial charge on any atom is -0.392 e. The molecule has 0 saturated heterocycles. The van der Waals surface area contributed by atoms with Crippen molar-refractivity contribution in [2.45, 2.75) is 26.5 Å². The van der Waals surface area contributed by atoms with Crippen molar-refractivity contribution >= 4 is 17.3 Å². The van der Waals surface area contributed by atoms with Crippen LogP contribution in [0, 0.1) is 0 Å². The SMILES string of the molecule is CCN1c2cccc(CO)c2NC(=O)C1C. The van der Waals surface area contributed by atoms with E-state index >= 15 is 0 Å². The van der Waals surface area contributed by atoms with Crippen LogP contribution in [0.15, 0.2) is 18.2 Å². The molecule has 1 amide bonds. The molecule has 1 aliphatic rings. The second kappa shape index (κ2) is 4.14. The number of nitrogens with zero attached hydrogens (tertiary/aromatic N) is 1. The van der Waals surface area contributed by atoms with Gasteiger partial charge in [-0.1, -0.05) is 12.1 Å². The van der Waals surface area contributed by atoms with Crippen LogP contribution < -0.4 is 10.2 Å². The molecular formula is C12H16N2O2. The van der Waals surface area contributed by atoms with Crippen LogP contribution in [0.1, 0.15) is 19.4 Å². The Labute approximate surface area is 94.9 Å². The van der Waals surface area contributed by atoms with Gasteiger partial charge in [0.05, 0.1) is 18.0 Å². The molecule has 0 aromatic heterocycles. The van der Waals surface area contributed by atoms with E-state index in [9.17, 15) is 9.90 Å². The molecule has 2 rings (SSSR count). The van der Waals surface area contributed by atoms with Crippen LogP contribution in [-0.2, 0) is 11.4 Å². The normalized spacial score (nSPS) is 19.3. The highest BCUT2D eigenvalue weighted by molar-refractivity contribution is 6.04. The van der Waals surface area contributed by atoms with Crippen LogP contribution in [0.5, 0.6) is 0 Å². The van der Waals surface area contributed by atoms with Crippen molar-refractivity contribution in [2.75, 3.05) is 16.8 Å². The third-order valence-electron chi connectivity index (χ3n) is 3.04. The number of benzene rings is 1. The lowest BCUT2D eigenvalue weighted by Gasteiger charge is -2.36. The third-order valence-corrected chi connectivity index (χ3v) is 3.04. The van der Waals surface area contributed by atoms with Gasteiger partial charge in [-0.3, -0.25) is 4.79 Å². The van der Waals surface area contributed by atoms with E-state index in [1.807, 2.05) is 36.9 Å². The van der Waals surface area contributed by atoms with E-state index in [0.29, 0.717) is 0 Å². The Balaban J connectivity index is 2.53. The third kappa shape index (κ3) is 1.55. The largest absolute Gasteiger partial charge is 0.392 e. The fraction of sp³-hybridized carbons (Fsp3) is 0.417. The van der Waals surface area contributed by atoms with Gasteiger partial charge >= 0.3 is 0 Å². The van der Waals surface area contributed by atoms with E-state index in [4.69, 9.17) is 0 Å². The first-order valence-corrected chi connectivity index (χ1v) is 5.49. The fourth-order valence-corrected chi connectivity index (χ4v) is 2.12. The second-order valence-corrected chi connectivity index (χ2v) is 3.92. The monoisotopic (exact) mass is 220 g/mol. The van der Waals surface area contributed by atoms with Gasteiger partial charge < -0.3 is 15.3 Å². The molecule has 1 unspecified atom stereocenters. The van der Waals surface area contributed by atoms with Gasteiger partial charge in [-0.25, -0.2) is 0 Å². The number of carbonyl (C=O) groups is 1. The first kappa shape index (κ1) is 11.0. The molecular weight excluding hydrogens is 204 g/mol. The average Bonchev–Trinajstić information content (AvgIpc) is 2.30. The quantitative estimate of drug-likeness (QED) is 0.791. The van der Waals surface area contributed by atoms with Crippen molar-refractivity contribution in [1.29, 1.82) is 0 Å². The summed E-state index contributed by atoms with van der Waals surface area (Å²) in [5, 5.41) is 12.1. The molecule has 4 nitrogen and oxygen atoms in total. The van der Waals surface area contributed by atoms with Crippen molar-refractivity contribution in [3.05, 3.63) is 23.8 Å². The summed E-state index contributed by atoms with van der Waals surface area (Å²) in [6, 6.07) is 5.53. The molecule has 1 aromatic rings. The number of aliphatic hydroxyl groups excluding tert-OH is 1. The maximum Gasteiger partial charge on any atom is 0.246 e. The Morgan fingerprint density at radius 1 is 1.50 bits per heavy atom. The van der Waals surface area contributed by atoms with Gasteiger partial charge in [-0.15, -0.1) is 0 Å². The topological polar surface area (TPSA) is 52.6 Å². The minimum atomic E-state index is -0.161. The fourth-order valence-electron chi connectivity index (χ4n) is 2.12. The summed E-state index contributed by atoms with van der Waals surface area (Å²) in [6.45, 7) is 4.61. The number of para-hydroxylation sites is 1. The molecule has 0 bridgehead atoms. The van der Waals surface area contributed by atoms with Crippen molar-refractivity contribution < 1.29 is 9.90 Å². The summed E-state index contributed by atoms with van der Waals surface area (Å²) in [5.74, 6) is -0.0183. The van der Waals surface area contributed by atoms with Gasteiger partial charge in [-0.2, -0.15) is 0 Å². The van der Waals surface area contributed by atoms with Gasteiger partial charge in [0.25, 0.3) is 0 Å². The number of hydrogen-bond acceptors (Lipinski definition) is 3. The van der Waals surface area contributed by atoms with Gasteiger partial charge in [0.1, 0.15) is 6.04 Å². The van der Waals surface area contributed by atoms with Crippen LogP contribution in [-0.4, -0.2) is 23.6 Å². The number of fused-ring (bicyclic) bond motifs is 1. The summed E-state index contributed by atoms with van der Waals surface area (Å²) < 4.78 is 0. The molecule has 1 heterocycles. The predicted octanol–water partition coefficient (Wildman–Crippen LogP) is 1.35. The molecule has 16 heavy (non-hydrogen) atoms. The maximum atomic E-state index is 11.8. The van der Waals surface area contributed by atoms with E-state index in [-0.39, 0.29) is 18.6 Å². The van der Waals surface area contributed by atoms with E-state index in [1.54, 1.807) is 0 Å². The highest BCUT2D eigenvalue weighted by atomic mass is 16.3. The van der Waals surface area contributed by atoms with E-state index in [1.165, 1.54) is 0 Å². The highest BCUT2D eigenvalue weighted by Gasteiger charge is 2.29. The van der Waals surface area contributed by atoms with E-state index in [0.717, 1.165) is 23.5 Å². The van der Waals surface area contributed by atoms with Crippen molar-refractivity contribution in [1.82, 2.24) is 0 Å². The van der Waals surface area contributed by atoms with Crippen LogP contribution in [0.4, 0.5) is 11.4 Å². The lowest BCUT2D eigenvalue weighted by atomic mass is 10.1. The van der Waals surface area contributed by atoms with Crippen molar-refractivity contribution in [3.63, 3.8) is 0 Å². The number of carbonyl (C=O) groups excluding carboxylic acids is 1. The maximum absolute atomic E-state index is 11.8. The molecule has 4 heteroatoms. The van der Waals surface area contributed by atoms with Gasteiger partial charge in [-0.05, 0) is 19.9 Å². The Morgan fingerprint density at radius 2 is 2.25 bits per heavy atom. The standard InChI is InChI=1S/C12H16N2O2/c1-3-14-8(2)12(16)13-11-9(7-15)5-4-6-10(11)14/h4-6,8,15H,3,7H2,1-2H3,(H,13,16). The van der Waals surface area contributed by atoms with E-state index < -0.39 is 0 Å². The predicted molar refractivity (Wildman–Crippen MR) is 63.5 cm³/mol. The number of hydrogen-bond donors (Lipinski definition) is 2. The molecule has 0 radical (unpaired) electrons. The number of amides is 1. The zero-order chi connectivity index (χ0) is 11.7. The Morgan fingerprint density at radius 3 is 2.88 bits per heavy atom. The number of aliphatic hydroxyl groups is 1. The number of rotatable bonds is 2. The first-order valence-electron chi connectivity index (χ1n) is 5.49. The zero-order valence-corrected chi connectivity index (χ0v) is 9.53. The molecule has 0 spiro atoms. The summed E-state index contributed by atoms with van der Waals surface area (Å²) in [6.07, 6.45) is 0.